The van der Waals surface area contributed by atoms with Crippen LogP contribution in [0.4, 0.5) is 0 Å². The van der Waals surface area contributed by atoms with Crippen LogP contribution in [0.25, 0.3) is 4.95 Å². The van der Waals surface area contributed by atoms with Crippen molar-refractivity contribution in [2.75, 3.05) is 6.54 Å². The second-order valence-corrected chi connectivity index (χ2v) is 1.49. The molecule has 0 aliphatic heterocycles. The van der Waals surface area contributed by atoms with Gasteiger partial charge in [-0.1, -0.05) is 12.3 Å². The largest absolute Gasteiger partial charge is 0.365 e. The van der Waals surface area contributed by atoms with Crippen LogP contribution in [0.3, 0.4) is 0 Å². The lowest BCUT2D eigenvalue weighted by Crippen LogP contribution is -2.25. The Morgan fingerprint density at radius 1 is 1.89 bits per heavy atom. The molecule has 0 saturated heterocycles. The van der Waals surface area contributed by atoms with Gasteiger partial charge >= 0.3 is 0 Å². The Morgan fingerprint density at radius 3 is 3.00 bits per heavy atom. The number of aliphatic imine (C=N–C) groups is 1. The molecule has 0 aromatic rings. The number of nitrogens with zero attached hydrogens (tertiary/aromatic N) is 2. The maximum absolute atomic E-state index is 6.32. The molecule has 0 aliphatic rings. The van der Waals surface area contributed by atoms with Crippen molar-refractivity contribution in [3.05, 3.63) is 11.5 Å². The number of nitrogens with two attached hydrogens (primary N) is 1. The van der Waals surface area contributed by atoms with Crippen LogP contribution < -0.4 is 11.2 Å². The maximum atomic E-state index is 6.32. The molecule has 0 saturated carbocycles. The SMILES string of the molecule is [C-]#[N+]NC(N)=NCCC. The third-order valence-corrected chi connectivity index (χ3v) is 0.676. The minimum Gasteiger partial charge on any atom is -0.365 e. The highest BCUT2D eigenvalue weighted by molar-refractivity contribution is 5.78. The van der Waals surface area contributed by atoms with Crippen molar-refractivity contribution in [2.24, 2.45) is 10.7 Å². The maximum Gasteiger partial charge on any atom is 0.259 e. The molecule has 0 fully saturated rings. The van der Waals surface area contributed by atoms with Gasteiger partial charge in [-0.2, -0.15) is 11.5 Å². The first kappa shape index (κ1) is 7.76. The van der Waals surface area contributed by atoms with E-state index in [0.29, 0.717) is 6.54 Å². The Morgan fingerprint density at radius 2 is 2.56 bits per heavy atom. The fourth-order valence-corrected chi connectivity index (χ4v) is 0.325. The smallest absolute Gasteiger partial charge is 0.259 e. The van der Waals surface area contributed by atoms with Gasteiger partial charge in [-0.05, 0) is 6.42 Å². The van der Waals surface area contributed by atoms with E-state index < -0.39 is 0 Å². The lowest BCUT2D eigenvalue weighted by Gasteiger charge is -1.89. The van der Waals surface area contributed by atoms with Crippen molar-refractivity contribution < 1.29 is 0 Å². The number of hydrogen-bond acceptors (Lipinski definition) is 1. The van der Waals surface area contributed by atoms with E-state index in [9.17, 15) is 0 Å². The Kier molecular flexibility index (Phi) is 4.23. The minimum atomic E-state index is 0.201. The molecule has 3 N–H and O–H groups in total. The zero-order valence-electron chi connectivity index (χ0n) is 5.39. The average molecular weight is 126 g/mol. The van der Waals surface area contributed by atoms with E-state index >= 15 is 0 Å². The first-order chi connectivity index (χ1) is 4.31. The Labute approximate surface area is 54.6 Å². The fourth-order valence-electron chi connectivity index (χ4n) is 0.325. The Balaban J connectivity index is 3.46. The molecule has 0 atom stereocenters. The molecule has 0 aliphatic carbocycles. The summed E-state index contributed by atoms with van der Waals surface area (Å²) in [6, 6.07) is 0. The van der Waals surface area contributed by atoms with Crippen molar-refractivity contribution in [1.29, 1.82) is 0 Å². The molecule has 0 spiro atoms. The second kappa shape index (κ2) is 4.91. The van der Waals surface area contributed by atoms with Crippen LogP contribution in [0, 0.1) is 6.57 Å². The van der Waals surface area contributed by atoms with E-state index in [-0.39, 0.29) is 5.96 Å². The standard InChI is InChI=1S/C5H10N4/c1-3-4-8-5(6)9-7-2/h3-4H2,1H3,(H3,6,8,9). The molecule has 9 heavy (non-hydrogen) atoms. The van der Waals surface area contributed by atoms with E-state index in [1.807, 2.05) is 6.92 Å². The summed E-state index contributed by atoms with van der Waals surface area (Å²) in [4.78, 5) is 6.63. The topological polar surface area (TPSA) is 54.8 Å². The van der Waals surface area contributed by atoms with Crippen LogP contribution in [0.1, 0.15) is 13.3 Å². The lowest BCUT2D eigenvalue weighted by molar-refractivity contribution is 0.919. The van der Waals surface area contributed by atoms with Crippen molar-refractivity contribution in [3.63, 3.8) is 0 Å². The molecule has 0 aromatic heterocycles. The molecule has 0 heterocycles. The molecule has 0 aromatic carbocycles. The summed E-state index contributed by atoms with van der Waals surface area (Å²) < 4.78 is 0. The fraction of sp³-hybridized carbons (Fsp3) is 0.600. The Bertz CT molecular complexity index is 132. The molecule has 0 unspecified atom stereocenters. The van der Waals surface area contributed by atoms with Crippen LogP contribution >= 0.6 is 0 Å². The number of guanidine groups is 1. The highest BCUT2D eigenvalue weighted by atomic mass is 15.3. The average Bonchev–Trinajstić information content (AvgIpc) is 1.85. The third kappa shape index (κ3) is 4.62. The number of rotatable bonds is 2. The van der Waals surface area contributed by atoms with Crippen LogP contribution in [0.15, 0.2) is 4.99 Å². The molecule has 0 amide bonds. The predicted molar refractivity (Wildman–Crippen MR) is 36.5 cm³/mol. The van der Waals surface area contributed by atoms with Gasteiger partial charge in [0.2, 0.25) is 0 Å². The minimum absolute atomic E-state index is 0.201. The lowest BCUT2D eigenvalue weighted by atomic mass is 10.5. The van der Waals surface area contributed by atoms with Gasteiger partial charge < -0.3 is 5.73 Å². The molecular weight excluding hydrogens is 116 g/mol. The van der Waals surface area contributed by atoms with Gasteiger partial charge in [0.05, 0.1) is 0 Å². The molecule has 50 valence electrons. The summed E-state index contributed by atoms with van der Waals surface area (Å²) in [5, 5.41) is 0. The van der Waals surface area contributed by atoms with Gasteiger partial charge in [0.1, 0.15) is 0 Å². The first-order valence-corrected chi connectivity index (χ1v) is 2.73. The number of hydrogen-bond donors (Lipinski definition) is 2. The summed E-state index contributed by atoms with van der Waals surface area (Å²) in [7, 11) is 0. The van der Waals surface area contributed by atoms with E-state index in [1.54, 1.807) is 0 Å². The van der Waals surface area contributed by atoms with Crippen molar-refractivity contribution in [3.8, 4) is 0 Å². The molecule has 0 radical (unpaired) electrons. The summed E-state index contributed by atoms with van der Waals surface area (Å²) >= 11 is 0. The first-order valence-electron chi connectivity index (χ1n) is 2.73. The van der Waals surface area contributed by atoms with Gasteiger partial charge in [-0.25, -0.2) is 4.99 Å². The van der Waals surface area contributed by atoms with Gasteiger partial charge in [0.25, 0.3) is 5.96 Å². The van der Waals surface area contributed by atoms with E-state index in [1.165, 1.54) is 0 Å². The van der Waals surface area contributed by atoms with Crippen molar-refractivity contribution >= 4 is 5.96 Å². The molecule has 0 rings (SSSR count). The molecular formula is C5H10N4. The quantitative estimate of drug-likeness (QED) is 0.239. The van der Waals surface area contributed by atoms with Crippen molar-refractivity contribution in [1.82, 2.24) is 5.43 Å². The van der Waals surface area contributed by atoms with Gasteiger partial charge in [0.15, 0.2) is 0 Å². The summed E-state index contributed by atoms with van der Waals surface area (Å²) in [6.45, 7) is 8.99. The summed E-state index contributed by atoms with van der Waals surface area (Å²) in [5.41, 5.74) is 7.40. The molecule has 4 heteroatoms. The highest BCUT2D eigenvalue weighted by Crippen LogP contribution is 1.75. The van der Waals surface area contributed by atoms with E-state index in [4.69, 9.17) is 12.3 Å². The summed E-state index contributed by atoms with van der Waals surface area (Å²) in [6.07, 6.45) is 0.945. The predicted octanol–water partition coefficient (Wildman–Crippen LogP) is 0.135. The molecule has 4 nitrogen and oxygen atoms in total. The van der Waals surface area contributed by atoms with Crippen LogP contribution in [-0.2, 0) is 0 Å². The van der Waals surface area contributed by atoms with Gasteiger partial charge in [-0.3, -0.25) is 0 Å². The highest BCUT2D eigenvalue weighted by Gasteiger charge is 1.86. The van der Waals surface area contributed by atoms with Crippen molar-refractivity contribution in [2.45, 2.75) is 13.3 Å². The summed E-state index contributed by atoms with van der Waals surface area (Å²) in [5.74, 6) is 0.201. The number of nitrogens with one attached hydrogen (secondary N) is 1. The van der Waals surface area contributed by atoms with E-state index in [2.05, 4.69) is 15.4 Å². The molecule has 0 bridgehead atoms. The van der Waals surface area contributed by atoms with Gasteiger partial charge in [-0.15, -0.1) is 0 Å². The van der Waals surface area contributed by atoms with Crippen LogP contribution in [-0.4, -0.2) is 12.5 Å². The Hall–Kier alpha value is -1.24. The van der Waals surface area contributed by atoms with Crippen LogP contribution in [0.2, 0.25) is 0 Å². The zero-order valence-corrected chi connectivity index (χ0v) is 5.39. The second-order valence-electron chi connectivity index (χ2n) is 1.49. The van der Waals surface area contributed by atoms with Crippen LogP contribution in [0.5, 0.6) is 0 Å². The van der Waals surface area contributed by atoms with Gasteiger partial charge in [0, 0.05) is 6.54 Å². The third-order valence-electron chi connectivity index (χ3n) is 0.676. The zero-order chi connectivity index (χ0) is 7.11. The normalized spacial score (nSPS) is 10.4. The van der Waals surface area contributed by atoms with E-state index in [0.717, 1.165) is 6.42 Å². The monoisotopic (exact) mass is 126 g/mol.